The van der Waals surface area contributed by atoms with Crippen molar-refractivity contribution >= 4 is 81.6 Å². The summed E-state index contributed by atoms with van der Waals surface area (Å²) in [5, 5.41) is 11.1. The molecular formula is C36H20N4. The van der Waals surface area contributed by atoms with Crippen LogP contribution in [0.25, 0.3) is 87.5 Å². The van der Waals surface area contributed by atoms with Gasteiger partial charge in [0.2, 0.25) is 5.95 Å². The van der Waals surface area contributed by atoms with E-state index in [1.54, 1.807) is 0 Å². The molecule has 4 nitrogen and oxygen atoms in total. The number of fused-ring (bicyclic) bond motifs is 12. The molecule has 0 saturated heterocycles. The van der Waals surface area contributed by atoms with E-state index < -0.39 is 0 Å². The molecule has 184 valence electrons. The van der Waals surface area contributed by atoms with Gasteiger partial charge in [0.05, 0.1) is 33.1 Å². The van der Waals surface area contributed by atoms with Gasteiger partial charge in [0, 0.05) is 43.9 Å². The summed E-state index contributed by atoms with van der Waals surface area (Å²) >= 11 is 0. The molecule has 0 amide bonds. The fourth-order valence-corrected chi connectivity index (χ4v) is 6.98. The van der Waals surface area contributed by atoms with Crippen LogP contribution >= 0.6 is 0 Å². The van der Waals surface area contributed by atoms with E-state index in [1.807, 2.05) is 18.3 Å². The van der Waals surface area contributed by atoms with Crippen molar-refractivity contribution < 1.29 is 0 Å². The molecule has 0 unspecified atom stereocenters. The smallest absolute Gasteiger partial charge is 0.235 e. The first kappa shape index (κ1) is 20.5. The molecule has 0 fully saturated rings. The molecule has 0 aliphatic carbocycles. The van der Waals surface area contributed by atoms with Crippen LogP contribution in [0, 0.1) is 0 Å². The average Bonchev–Trinajstić information content (AvgIpc) is 3.63. The van der Waals surface area contributed by atoms with Gasteiger partial charge in [0.15, 0.2) is 0 Å². The zero-order chi connectivity index (χ0) is 25.9. The lowest BCUT2D eigenvalue weighted by Gasteiger charge is -2.07. The molecule has 0 radical (unpaired) electrons. The van der Waals surface area contributed by atoms with Gasteiger partial charge >= 0.3 is 0 Å². The maximum atomic E-state index is 5.05. The number of nitrogens with zero attached hydrogens (tertiary/aromatic N) is 4. The Morgan fingerprint density at radius 2 is 1.18 bits per heavy atom. The second kappa shape index (κ2) is 7.13. The zero-order valence-electron chi connectivity index (χ0n) is 21.3. The normalized spacial score (nSPS) is 12.5. The lowest BCUT2D eigenvalue weighted by atomic mass is 10.0. The summed E-state index contributed by atoms with van der Waals surface area (Å²) in [5.41, 5.74) is 6.94. The van der Waals surface area contributed by atoms with Crippen molar-refractivity contribution in [2.24, 2.45) is 0 Å². The molecule has 4 heteroatoms. The summed E-state index contributed by atoms with van der Waals surface area (Å²) in [7, 11) is 0. The van der Waals surface area contributed by atoms with E-state index in [1.165, 1.54) is 59.6 Å². The van der Waals surface area contributed by atoms with Crippen molar-refractivity contribution in [1.29, 1.82) is 0 Å². The van der Waals surface area contributed by atoms with Crippen LogP contribution in [-0.4, -0.2) is 18.9 Å². The van der Waals surface area contributed by atoms with Gasteiger partial charge in [-0.1, -0.05) is 78.9 Å². The lowest BCUT2D eigenvalue weighted by molar-refractivity contribution is 1.01. The predicted octanol–water partition coefficient (Wildman–Crippen LogP) is 9.03. The van der Waals surface area contributed by atoms with Crippen LogP contribution in [-0.2, 0) is 0 Å². The predicted molar refractivity (Wildman–Crippen MR) is 166 cm³/mol. The summed E-state index contributed by atoms with van der Waals surface area (Å²) in [6.45, 7) is 0. The van der Waals surface area contributed by atoms with Crippen molar-refractivity contribution in [3.05, 3.63) is 121 Å². The third-order valence-corrected chi connectivity index (χ3v) is 8.64. The maximum absolute atomic E-state index is 5.05. The topological polar surface area (TPSA) is 35.1 Å². The highest BCUT2D eigenvalue weighted by Crippen LogP contribution is 2.47. The van der Waals surface area contributed by atoms with Gasteiger partial charge in [0.25, 0.3) is 0 Å². The first-order valence-corrected chi connectivity index (χ1v) is 13.6. The molecule has 0 saturated carbocycles. The number of rotatable bonds is 1. The molecule has 40 heavy (non-hydrogen) atoms. The summed E-state index contributed by atoms with van der Waals surface area (Å²) < 4.78 is 4.72. The van der Waals surface area contributed by atoms with Gasteiger partial charge in [-0.25, -0.2) is 9.97 Å². The molecule has 0 aliphatic rings. The Balaban J connectivity index is 1.51. The van der Waals surface area contributed by atoms with E-state index in [2.05, 4.69) is 112 Å². The number of para-hydroxylation sites is 3. The Kier molecular flexibility index (Phi) is 3.65. The Morgan fingerprint density at radius 3 is 2.05 bits per heavy atom. The minimum atomic E-state index is 0.692. The average molecular weight is 509 g/mol. The largest absolute Gasteiger partial charge is 0.308 e. The van der Waals surface area contributed by atoms with E-state index in [-0.39, 0.29) is 0 Å². The molecule has 4 heterocycles. The first-order valence-electron chi connectivity index (χ1n) is 13.6. The lowest BCUT2D eigenvalue weighted by Crippen LogP contribution is -2.00. The standard InChI is InChI=1S/C36H20N4/c1-2-10-22-18-31-27(17-21(22)9-1)34-33-25-13-5-8-16-30(25)40(36-37-20-23-11-3-6-14-28(23)38-36)32(33)19-26-24-12-4-7-15-29(24)39(31)35(26)34/h1-20H. The second-order valence-corrected chi connectivity index (χ2v) is 10.7. The van der Waals surface area contributed by atoms with Gasteiger partial charge in [-0.2, -0.15) is 0 Å². The monoisotopic (exact) mass is 508 g/mol. The minimum Gasteiger partial charge on any atom is -0.308 e. The van der Waals surface area contributed by atoms with Crippen LogP contribution in [0.5, 0.6) is 0 Å². The van der Waals surface area contributed by atoms with Gasteiger partial charge in [0.1, 0.15) is 0 Å². The number of benzene rings is 6. The van der Waals surface area contributed by atoms with Crippen LogP contribution < -0.4 is 0 Å². The Hall–Kier alpha value is -5.48. The van der Waals surface area contributed by atoms with Gasteiger partial charge < -0.3 is 4.40 Å². The molecule has 4 aromatic heterocycles. The second-order valence-electron chi connectivity index (χ2n) is 10.7. The van der Waals surface area contributed by atoms with E-state index >= 15 is 0 Å². The molecule has 0 aliphatic heterocycles. The number of aromatic nitrogens is 4. The molecule has 0 N–H and O–H groups in total. The minimum absolute atomic E-state index is 0.692. The maximum Gasteiger partial charge on any atom is 0.235 e. The quantitative estimate of drug-likeness (QED) is 0.222. The van der Waals surface area contributed by atoms with E-state index in [0.717, 1.165) is 21.9 Å². The Labute approximate surface area is 227 Å². The van der Waals surface area contributed by atoms with E-state index in [4.69, 9.17) is 9.97 Å². The highest BCUT2D eigenvalue weighted by molar-refractivity contribution is 6.36. The summed E-state index contributed by atoms with van der Waals surface area (Å²) in [5.74, 6) is 0.692. The van der Waals surface area contributed by atoms with Crippen molar-refractivity contribution in [2.75, 3.05) is 0 Å². The fraction of sp³-hybridized carbons (Fsp3) is 0. The van der Waals surface area contributed by atoms with Crippen LogP contribution in [0.1, 0.15) is 0 Å². The number of hydrogen-bond acceptors (Lipinski definition) is 2. The molecule has 0 spiro atoms. The van der Waals surface area contributed by atoms with Crippen molar-refractivity contribution in [1.82, 2.24) is 18.9 Å². The van der Waals surface area contributed by atoms with Crippen LogP contribution in [0.15, 0.2) is 121 Å². The van der Waals surface area contributed by atoms with Gasteiger partial charge in [-0.3, -0.25) is 4.57 Å². The third-order valence-electron chi connectivity index (χ3n) is 8.64. The van der Waals surface area contributed by atoms with Crippen LogP contribution in [0.2, 0.25) is 0 Å². The fourth-order valence-electron chi connectivity index (χ4n) is 6.98. The van der Waals surface area contributed by atoms with Crippen molar-refractivity contribution in [2.45, 2.75) is 0 Å². The zero-order valence-corrected chi connectivity index (χ0v) is 21.3. The summed E-state index contributed by atoms with van der Waals surface area (Å²) in [6, 6.07) is 41.4. The van der Waals surface area contributed by atoms with E-state index in [0.29, 0.717) is 5.95 Å². The van der Waals surface area contributed by atoms with E-state index in [9.17, 15) is 0 Å². The Morgan fingerprint density at radius 1 is 0.475 bits per heavy atom. The SMILES string of the molecule is c1ccc2cc3c(cc2c1)c1c2c4ccccc4n(-c4ncc5ccccc5n4)c2cc2c4ccccc4n3c21. The van der Waals surface area contributed by atoms with Crippen molar-refractivity contribution in [3.8, 4) is 5.95 Å². The third kappa shape index (κ3) is 2.42. The summed E-state index contributed by atoms with van der Waals surface area (Å²) in [4.78, 5) is 9.93. The molecule has 0 bridgehead atoms. The van der Waals surface area contributed by atoms with Crippen LogP contribution in [0.4, 0.5) is 0 Å². The molecule has 0 atom stereocenters. The van der Waals surface area contributed by atoms with Gasteiger partial charge in [-0.15, -0.1) is 0 Å². The number of hydrogen-bond donors (Lipinski definition) is 0. The highest BCUT2D eigenvalue weighted by Gasteiger charge is 2.24. The van der Waals surface area contributed by atoms with Crippen LogP contribution in [0.3, 0.4) is 0 Å². The first-order chi connectivity index (χ1) is 19.8. The van der Waals surface area contributed by atoms with Crippen molar-refractivity contribution in [3.63, 3.8) is 0 Å². The molecular weight excluding hydrogens is 488 g/mol. The highest BCUT2D eigenvalue weighted by atomic mass is 15.2. The molecule has 10 rings (SSSR count). The molecule has 10 aromatic rings. The molecule has 6 aromatic carbocycles. The Bertz CT molecular complexity index is 2660. The van der Waals surface area contributed by atoms with Gasteiger partial charge in [-0.05, 0) is 47.2 Å². The summed E-state index contributed by atoms with van der Waals surface area (Å²) in [6.07, 6.45) is 1.93.